The molecule has 2 aliphatic heterocycles. The quantitative estimate of drug-likeness (QED) is 0.802. The van der Waals surface area contributed by atoms with Crippen LogP contribution >= 0.6 is 0 Å². The number of rotatable bonds is 2. The van der Waals surface area contributed by atoms with E-state index in [1.807, 2.05) is 0 Å². The van der Waals surface area contributed by atoms with Gasteiger partial charge in [0.1, 0.15) is 0 Å². The fraction of sp³-hybridized carbons (Fsp3) is 0.478. The number of hydrogen-bond acceptors (Lipinski definition) is 3. The SMILES string of the molecule is CC(C)(C)c1ccc2c(c1)[C@H]1O[C@@H](CO)CC[C@H]1[C@@H](c1ccccc1)N2. The summed E-state index contributed by atoms with van der Waals surface area (Å²) in [5.74, 6) is 0.378. The molecule has 0 aliphatic carbocycles. The molecule has 1 saturated heterocycles. The average molecular weight is 351 g/mol. The molecule has 2 aromatic rings. The van der Waals surface area contributed by atoms with Crippen molar-refractivity contribution in [1.29, 1.82) is 0 Å². The van der Waals surface area contributed by atoms with Crippen molar-refractivity contribution >= 4 is 5.69 Å². The molecule has 138 valence electrons. The van der Waals surface area contributed by atoms with Crippen LogP contribution in [0.2, 0.25) is 0 Å². The topological polar surface area (TPSA) is 41.5 Å². The monoisotopic (exact) mass is 351 g/mol. The molecular formula is C23H29NO2. The van der Waals surface area contributed by atoms with Gasteiger partial charge in [-0.05, 0) is 35.4 Å². The Morgan fingerprint density at radius 3 is 2.54 bits per heavy atom. The average Bonchev–Trinajstić information content (AvgIpc) is 2.66. The molecule has 0 spiro atoms. The summed E-state index contributed by atoms with van der Waals surface area (Å²) in [4.78, 5) is 0. The minimum Gasteiger partial charge on any atom is -0.394 e. The van der Waals surface area contributed by atoms with Crippen molar-refractivity contribution in [2.24, 2.45) is 5.92 Å². The fourth-order valence-electron chi connectivity index (χ4n) is 4.35. The third kappa shape index (κ3) is 3.15. The van der Waals surface area contributed by atoms with Crippen LogP contribution in [-0.2, 0) is 10.2 Å². The molecule has 2 aromatic carbocycles. The number of aliphatic hydroxyl groups is 1. The predicted molar refractivity (Wildman–Crippen MR) is 105 cm³/mol. The zero-order valence-electron chi connectivity index (χ0n) is 15.9. The second kappa shape index (κ2) is 6.71. The second-order valence-electron chi connectivity index (χ2n) is 8.69. The van der Waals surface area contributed by atoms with Crippen molar-refractivity contribution in [1.82, 2.24) is 0 Å². The molecular weight excluding hydrogens is 322 g/mol. The molecule has 0 saturated carbocycles. The highest BCUT2D eigenvalue weighted by Crippen LogP contribution is 2.50. The Morgan fingerprint density at radius 2 is 1.85 bits per heavy atom. The van der Waals surface area contributed by atoms with Crippen molar-refractivity contribution in [3.05, 3.63) is 65.2 Å². The van der Waals surface area contributed by atoms with Gasteiger partial charge in [0.05, 0.1) is 24.9 Å². The Morgan fingerprint density at radius 1 is 1.08 bits per heavy atom. The van der Waals surface area contributed by atoms with Gasteiger partial charge in [0.15, 0.2) is 0 Å². The molecule has 0 amide bonds. The molecule has 3 heteroatoms. The minimum absolute atomic E-state index is 0.0321. The number of aliphatic hydroxyl groups excluding tert-OH is 1. The third-order valence-corrected chi connectivity index (χ3v) is 5.88. The normalized spacial score (nSPS) is 28.0. The van der Waals surface area contributed by atoms with Crippen LogP contribution in [0.25, 0.3) is 0 Å². The maximum atomic E-state index is 9.66. The lowest BCUT2D eigenvalue weighted by molar-refractivity contribution is -0.110. The molecule has 1 fully saturated rings. The van der Waals surface area contributed by atoms with E-state index in [-0.39, 0.29) is 30.3 Å². The van der Waals surface area contributed by atoms with E-state index in [1.165, 1.54) is 16.7 Å². The van der Waals surface area contributed by atoms with Crippen LogP contribution < -0.4 is 5.32 Å². The van der Waals surface area contributed by atoms with E-state index in [1.54, 1.807) is 0 Å². The Labute approximate surface area is 156 Å². The lowest BCUT2D eigenvalue weighted by Crippen LogP contribution is -2.40. The summed E-state index contributed by atoms with van der Waals surface area (Å²) in [5.41, 5.74) is 5.13. The molecule has 3 nitrogen and oxygen atoms in total. The molecule has 4 atom stereocenters. The van der Waals surface area contributed by atoms with E-state index in [0.717, 1.165) is 18.5 Å². The lowest BCUT2D eigenvalue weighted by Gasteiger charge is -2.45. The van der Waals surface area contributed by atoms with E-state index >= 15 is 0 Å². The van der Waals surface area contributed by atoms with Crippen LogP contribution in [0.3, 0.4) is 0 Å². The van der Waals surface area contributed by atoms with E-state index in [2.05, 4.69) is 74.6 Å². The summed E-state index contributed by atoms with van der Waals surface area (Å²) < 4.78 is 6.40. The van der Waals surface area contributed by atoms with Crippen molar-refractivity contribution in [3.8, 4) is 0 Å². The number of anilines is 1. The highest BCUT2D eigenvalue weighted by molar-refractivity contribution is 5.59. The van der Waals surface area contributed by atoms with Gasteiger partial charge >= 0.3 is 0 Å². The summed E-state index contributed by atoms with van der Waals surface area (Å²) in [7, 11) is 0. The minimum atomic E-state index is -0.0584. The highest BCUT2D eigenvalue weighted by atomic mass is 16.5. The van der Waals surface area contributed by atoms with Crippen LogP contribution in [0.4, 0.5) is 5.69 Å². The molecule has 0 bridgehead atoms. The molecule has 2 heterocycles. The molecule has 0 radical (unpaired) electrons. The first kappa shape index (κ1) is 17.6. The van der Waals surface area contributed by atoms with Gasteiger partial charge in [-0.3, -0.25) is 0 Å². The van der Waals surface area contributed by atoms with Gasteiger partial charge in [0.2, 0.25) is 0 Å². The largest absolute Gasteiger partial charge is 0.394 e. The molecule has 2 N–H and O–H groups in total. The summed E-state index contributed by atoms with van der Waals surface area (Å²) in [6.07, 6.45) is 1.94. The Bertz CT molecular complexity index is 766. The Hall–Kier alpha value is -1.84. The van der Waals surface area contributed by atoms with Crippen molar-refractivity contribution in [3.63, 3.8) is 0 Å². The van der Waals surface area contributed by atoms with Crippen LogP contribution in [-0.4, -0.2) is 17.8 Å². The Kier molecular flexibility index (Phi) is 4.54. The molecule has 2 aliphatic rings. The fourth-order valence-corrected chi connectivity index (χ4v) is 4.35. The molecule has 26 heavy (non-hydrogen) atoms. The second-order valence-corrected chi connectivity index (χ2v) is 8.69. The first-order valence-electron chi connectivity index (χ1n) is 9.69. The number of nitrogens with one attached hydrogen (secondary N) is 1. The van der Waals surface area contributed by atoms with Crippen LogP contribution in [0.1, 0.15) is 62.4 Å². The zero-order valence-corrected chi connectivity index (χ0v) is 15.9. The number of benzene rings is 2. The zero-order chi connectivity index (χ0) is 18.3. The van der Waals surface area contributed by atoms with E-state index in [9.17, 15) is 5.11 Å². The summed E-state index contributed by atoms with van der Waals surface area (Å²) in [6.45, 7) is 6.83. The summed E-state index contributed by atoms with van der Waals surface area (Å²) in [6, 6.07) is 17.6. The van der Waals surface area contributed by atoms with Crippen LogP contribution in [0, 0.1) is 5.92 Å². The maximum Gasteiger partial charge on any atom is 0.0900 e. The van der Waals surface area contributed by atoms with Crippen LogP contribution in [0.5, 0.6) is 0 Å². The predicted octanol–water partition coefficient (Wildman–Crippen LogP) is 4.98. The number of hydrogen-bond donors (Lipinski definition) is 2. The van der Waals surface area contributed by atoms with Gasteiger partial charge in [-0.1, -0.05) is 63.2 Å². The van der Waals surface area contributed by atoms with E-state index in [0.29, 0.717) is 5.92 Å². The summed E-state index contributed by atoms with van der Waals surface area (Å²) in [5, 5.41) is 13.4. The van der Waals surface area contributed by atoms with Gasteiger partial charge in [-0.2, -0.15) is 0 Å². The van der Waals surface area contributed by atoms with Crippen LogP contribution in [0.15, 0.2) is 48.5 Å². The molecule has 4 rings (SSSR count). The van der Waals surface area contributed by atoms with Gasteiger partial charge in [-0.25, -0.2) is 0 Å². The van der Waals surface area contributed by atoms with Gasteiger partial charge in [0, 0.05) is 17.2 Å². The van der Waals surface area contributed by atoms with Crippen molar-refractivity contribution in [2.45, 2.75) is 57.3 Å². The smallest absolute Gasteiger partial charge is 0.0900 e. The van der Waals surface area contributed by atoms with E-state index in [4.69, 9.17) is 4.74 Å². The first-order valence-corrected chi connectivity index (χ1v) is 9.69. The number of fused-ring (bicyclic) bond motifs is 3. The maximum absolute atomic E-state index is 9.66. The van der Waals surface area contributed by atoms with Gasteiger partial charge in [0.25, 0.3) is 0 Å². The summed E-state index contributed by atoms with van der Waals surface area (Å²) >= 11 is 0. The molecule has 0 unspecified atom stereocenters. The van der Waals surface area contributed by atoms with Crippen molar-refractivity contribution < 1.29 is 9.84 Å². The standard InChI is InChI=1S/C23H29NO2/c1-23(2,3)16-9-12-20-19(13-16)22-18(11-10-17(14-25)26-22)21(24-20)15-7-5-4-6-8-15/h4-9,12-13,17-18,21-22,24-25H,10-11,14H2,1-3H3/t17-,18+,21-,22+/m1/s1. The van der Waals surface area contributed by atoms with E-state index < -0.39 is 0 Å². The number of ether oxygens (including phenoxy) is 1. The third-order valence-electron chi connectivity index (χ3n) is 5.88. The molecule has 0 aromatic heterocycles. The lowest BCUT2D eigenvalue weighted by atomic mass is 9.75. The first-order chi connectivity index (χ1) is 12.5. The Balaban J connectivity index is 1.77. The van der Waals surface area contributed by atoms with Gasteiger partial charge < -0.3 is 15.2 Å². The van der Waals surface area contributed by atoms with Gasteiger partial charge in [-0.15, -0.1) is 0 Å². The van der Waals surface area contributed by atoms with Crippen molar-refractivity contribution in [2.75, 3.05) is 11.9 Å². The highest BCUT2D eigenvalue weighted by Gasteiger charge is 2.42.